The zero-order valence-corrected chi connectivity index (χ0v) is 13.8. The monoisotopic (exact) mass is 346 g/mol. The Morgan fingerprint density at radius 1 is 1.00 bits per heavy atom. The van der Waals surface area contributed by atoms with E-state index in [1.54, 1.807) is 6.92 Å². The lowest BCUT2D eigenvalue weighted by atomic mass is 9.99. The van der Waals surface area contributed by atoms with Gasteiger partial charge in [0.2, 0.25) is 5.75 Å². The van der Waals surface area contributed by atoms with Crippen LogP contribution in [0.5, 0.6) is 17.4 Å². The summed E-state index contributed by atoms with van der Waals surface area (Å²) >= 11 is 0. The number of benzene rings is 2. The van der Waals surface area contributed by atoms with E-state index in [0.29, 0.717) is 17.4 Å². The first-order valence-corrected chi connectivity index (χ1v) is 7.85. The first-order valence-electron chi connectivity index (χ1n) is 7.85. The van der Waals surface area contributed by atoms with Gasteiger partial charge in [-0.05, 0) is 40.6 Å². The van der Waals surface area contributed by atoms with Crippen LogP contribution >= 0.6 is 0 Å². The number of aromatic nitrogens is 6. The van der Waals surface area contributed by atoms with E-state index < -0.39 is 0 Å². The number of nitrogens with zero attached hydrogens (tertiary/aromatic N) is 5. The topological polar surface area (TPSA) is 110 Å². The van der Waals surface area contributed by atoms with Gasteiger partial charge in [-0.2, -0.15) is 4.98 Å². The molecule has 0 atom stereocenters. The minimum Gasteiger partial charge on any atom is -0.491 e. The molecule has 0 aliphatic carbocycles. The summed E-state index contributed by atoms with van der Waals surface area (Å²) in [5.74, 6) is 1.66. The highest BCUT2D eigenvalue weighted by Gasteiger charge is 2.11. The molecule has 8 nitrogen and oxygen atoms in total. The van der Waals surface area contributed by atoms with E-state index in [4.69, 9.17) is 4.74 Å². The normalized spacial score (nSPS) is 10.7. The van der Waals surface area contributed by atoms with Gasteiger partial charge in [-0.3, -0.25) is 0 Å². The molecule has 4 aromatic rings. The molecule has 2 N–H and O–H groups in total. The standard InChI is InChI=1S/C18H14N6O2/c1-11-19-10-16(18(25)20-11)26-13-8-6-12(7-9-13)14-4-2-3-5-15(14)17-21-23-24-22-17/h2-10H,1H3,(H,19,20,25)(H,21,22,23,24). The maximum atomic E-state index is 9.83. The Kier molecular flexibility index (Phi) is 3.98. The molecule has 0 aliphatic rings. The Balaban J connectivity index is 1.63. The number of hydrogen-bond donors (Lipinski definition) is 2. The molecule has 4 rings (SSSR count). The summed E-state index contributed by atoms with van der Waals surface area (Å²) < 4.78 is 5.64. The molecule has 0 radical (unpaired) electrons. The molecule has 0 saturated heterocycles. The molecule has 0 saturated carbocycles. The molecular weight excluding hydrogens is 332 g/mol. The smallest absolute Gasteiger partial charge is 0.258 e. The van der Waals surface area contributed by atoms with E-state index in [1.807, 2.05) is 48.5 Å². The van der Waals surface area contributed by atoms with Crippen LogP contribution in [0.1, 0.15) is 5.82 Å². The van der Waals surface area contributed by atoms with Crippen LogP contribution in [0.3, 0.4) is 0 Å². The number of ether oxygens (including phenoxy) is 1. The molecule has 26 heavy (non-hydrogen) atoms. The van der Waals surface area contributed by atoms with Gasteiger partial charge in [-0.1, -0.05) is 36.4 Å². The number of aryl methyl sites for hydroxylation is 1. The van der Waals surface area contributed by atoms with Gasteiger partial charge in [-0.15, -0.1) is 5.10 Å². The van der Waals surface area contributed by atoms with Crippen molar-refractivity contribution in [1.29, 1.82) is 0 Å². The predicted octanol–water partition coefficient (Wildman–Crippen LogP) is 3.13. The molecule has 8 heteroatoms. The van der Waals surface area contributed by atoms with E-state index in [1.165, 1.54) is 6.20 Å². The molecule has 0 aliphatic heterocycles. The fourth-order valence-electron chi connectivity index (χ4n) is 2.56. The number of H-pyrrole nitrogens is 1. The molecular formula is C18H14N6O2. The second-order valence-corrected chi connectivity index (χ2v) is 5.53. The van der Waals surface area contributed by atoms with E-state index in [0.717, 1.165) is 16.7 Å². The third kappa shape index (κ3) is 3.07. The number of aromatic hydroxyl groups is 1. The Morgan fingerprint density at radius 3 is 2.46 bits per heavy atom. The van der Waals surface area contributed by atoms with Crippen molar-refractivity contribution in [1.82, 2.24) is 30.6 Å². The van der Waals surface area contributed by atoms with Crippen molar-refractivity contribution in [2.24, 2.45) is 0 Å². The molecule has 0 unspecified atom stereocenters. The summed E-state index contributed by atoms with van der Waals surface area (Å²) in [6.07, 6.45) is 1.44. The number of nitrogens with one attached hydrogen (secondary N) is 1. The third-order valence-electron chi connectivity index (χ3n) is 3.78. The Bertz CT molecular complexity index is 1030. The number of tetrazole rings is 1. The first kappa shape index (κ1) is 15.7. The molecule has 0 spiro atoms. The minimum atomic E-state index is -0.190. The second kappa shape index (κ2) is 6.60. The lowest BCUT2D eigenvalue weighted by molar-refractivity contribution is 0.391. The van der Waals surface area contributed by atoms with Crippen molar-refractivity contribution in [3.05, 3.63) is 60.6 Å². The summed E-state index contributed by atoms with van der Waals surface area (Å²) in [4.78, 5) is 7.90. The van der Waals surface area contributed by atoms with Crippen LogP contribution < -0.4 is 4.74 Å². The van der Waals surface area contributed by atoms with E-state index in [-0.39, 0.29) is 11.6 Å². The van der Waals surface area contributed by atoms with Crippen molar-refractivity contribution < 1.29 is 9.84 Å². The lowest BCUT2D eigenvalue weighted by Crippen LogP contribution is -1.92. The minimum absolute atomic E-state index is 0.190. The maximum Gasteiger partial charge on any atom is 0.258 e. The molecule has 2 aromatic carbocycles. The van der Waals surface area contributed by atoms with Gasteiger partial charge in [0.15, 0.2) is 5.82 Å². The van der Waals surface area contributed by atoms with E-state index in [2.05, 4.69) is 30.6 Å². The number of rotatable bonds is 4. The van der Waals surface area contributed by atoms with Crippen molar-refractivity contribution in [2.45, 2.75) is 6.92 Å². The average molecular weight is 346 g/mol. The molecule has 0 amide bonds. The molecule has 0 bridgehead atoms. The molecule has 2 aromatic heterocycles. The van der Waals surface area contributed by atoms with E-state index >= 15 is 0 Å². The summed E-state index contributed by atoms with van der Waals surface area (Å²) in [5, 5.41) is 23.9. The van der Waals surface area contributed by atoms with Gasteiger partial charge in [0.05, 0.1) is 6.20 Å². The third-order valence-corrected chi connectivity index (χ3v) is 3.78. The van der Waals surface area contributed by atoms with Crippen LogP contribution in [-0.2, 0) is 0 Å². The fraction of sp³-hybridized carbons (Fsp3) is 0.0556. The average Bonchev–Trinajstić information content (AvgIpc) is 3.19. The second-order valence-electron chi connectivity index (χ2n) is 5.53. The zero-order chi connectivity index (χ0) is 17.9. The zero-order valence-electron chi connectivity index (χ0n) is 13.8. The van der Waals surface area contributed by atoms with Gasteiger partial charge in [0.1, 0.15) is 11.6 Å². The number of aromatic amines is 1. The highest BCUT2D eigenvalue weighted by atomic mass is 16.5. The largest absolute Gasteiger partial charge is 0.491 e. The van der Waals surface area contributed by atoms with Crippen molar-refractivity contribution >= 4 is 0 Å². The predicted molar refractivity (Wildman–Crippen MR) is 93.6 cm³/mol. The summed E-state index contributed by atoms with van der Waals surface area (Å²) in [6, 6.07) is 15.3. The first-order chi connectivity index (χ1) is 12.7. The summed E-state index contributed by atoms with van der Waals surface area (Å²) in [5.41, 5.74) is 2.86. The summed E-state index contributed by atoms with van der Waals surface area (Å²) in [6.45, 7) is 1.69. The van der Waals surface area contributed by atoms with Crippen LogP contribution in [0, 0.1) is 6.92 Å². The van der Waals surface area contributed by atoms with Crippen molar-refractivity contribution in [3.8, 4) is 39.9 Å². The van der Waals surface area contributed by atoms with Crippen LogP contribution in [0.15, 0.2) is 54.7 Å². The lowest BCUT2D eigenvalue weighted by Gasteiger charge is -2.09. The molecule has 128 valence electrons. The van der Waals surface area contributed by atoms with E-state index in [9.17, 15) is 5.11 Å². The Labute approximate surface area is 148 Å². The Morgan fingerprint density at radius 2 is 1.77 bits per heavy atom. The Hall–Kier alpha value is -3.81. The van der Waals surface area contributed by atoms with Gasteiger partial charge < -0.3 is 9.84 Å². The van der Waals surface area contributed by atoms with Crippen molar-refractivity contribution in [3.63, 3.8) is 0 Å². The van der Waals surface area contributed by atoms with Crippen LogP contribution in [0.25, 0.3) is 22.5 Å². The van der Waals surface area contributed by atoms with Crippen molar-refractivity contribution in [2.75, 3.05) is 0 Å². The number of hydrogen-bond acceptors (Lipinski definition) is 7. The quantitative estimate of drug-likeness (QED) is 0.584. The van der Waals surface area contributed by atoms with Crippen LogP contribution in [0.4, 0.5) is 0 Å². The maximum absolute atomic E-state index is 9.83. The highest BCUT2D eigenvalue weighted by molar-refractivity contribution is 5.80. The van der Waals surface area contributed by atoms with Gasteiger partial charge in [0.25, 0.3) is 5.88 Å². The van der Waals surface area contributed by atoms with Crippen LogP contribution in [0.2, 0.25) is 0 Å². The molecule has 2 heterocycles. The van der Waals surface area contributed by atoms with Gasteiger partial charge >= 0.3 is 0 Å². The highest BCUT2D eigenvalue weighted by Crippen LogP contribution is 2.33. The van der Waals surface area contributed by atoms with Gasteiger partial charge in [-0.25, -0.2) is 10.1 Å². The van der Waals surface area contributed by atoms with Gasteiger partial charge in [0, 0.05) is 5.56 Å². The summed E-state index contributed by atoms with van der Waals surface area (Å²) in [7, 11) is 0. The molecule has 0 fully saturated rings. The van der Waals surface area contributed by atoms with Crippen LogP contribution in [-0.4, -0.2) is 35.7 Å². The SMILES string of the molecule is Cc1ncc(Oc2ccc(-c3ccccc3-c3nnn[nH]3)cc2)c(O)n1. The fourth-order valence-corrected chi connectivity index (χ4v) is 2.56.